The van der Waals surface area contributed by atoms with Gasteiger partial charge in [-0.15, -0.1) is 13.2 Å². The van der Waals surface area contributed by atoms with Crippen LogP contribution in [-0.2, 0) is 24.3 Å². The van der Waals surface area contributed by atoms with Crippen LogP contribution in [0.15, 0.2) is 24.3 Å². The van der Waals surface area contributed by atoms with E-state index < -0.39 is 12.5 Å². The summed E-state index contributed by atoms with van der Waals surface area (Å²) in [5.74, 6) is 0.0328. The Bertz CT molecular complexity index is 1050. The highest BCUT2D eigenvalue weighted by atomic mass is 19.4. The number of alkyl halides is 3. The van der Waals surface area contributed by atoms with Crippen LogP contribution in [0.5, 0.6) is 5.75 Å². The van der Waals surface area contributed by atoms with Crippen molar-refractivity contribution in [2.45, 2.75) is 25.9 Å². The third kappa shape index (κ3) is 4.73. The first-order valence-electron chi connectivity index (χ1n) is 10.9. The van der Waals surface area contributed by atoms with E-state index in [1.54, 1.807) is 9.80 Å². The summed E-state index contributed by atoms with van der Waals surface area (Å²) in [4.78, 5) is 30.7. The van der Waals surface area contributed by atoms with Gasteiger partial charge in [-0.25, -0.2) is 9.59 Å². The van der Waals surface area contributed by atoms with Crippen molar-refractivity contribution < 1.29 is 32.2 Å². The molecule has 2 aromatic rings. The standard InChI is InChI=1S/C21H23F3N6O4/c22-21(23,24)34-16-3-1-13(2-4-16)12-33-20(32)30-9-14-7-29(8-15(14)10-30)19(31)28-6-5-17-18(11-28)26-27-25-17/h1-4,14-15H,5-12H2,(H,25,26,27). The Morgan fingerprint density at radius 3 is 2.29 bits per heavy atom. The van der Waals surface area contributed by atoms with Crippen LogP contribution in [0, 0.1) is 11.8 Å². The van der Waals surface area contributed by atoms with Crippen LogP contribution in [0.1, 0.15) is 17.0 Å². The Morgan fingerprint density at radius 2 is 1.62 bits per heavy atom. The molecule has 5 rings (SSSR count). The number of H-pyrrole nitrogens is 1. The summed E-state index contributed by atoms with van der Waals surface area (Å²) in [6.07, 6.45) is -4.55. The van der Waals surface area contributed by atoms with Crippen molar-refractivity contribution in [1.82, 2.24) is 30.1 Å². The zero-order chi connectivity index (χ0) is 23.9. The number of carbonyl (C=O) groups excluding carboxylic acids is 2. The lowest BCUT2D eigenvalue weighted by molar-refractivity contribution is -0.274. The molecule has 1 aromatic heterocycles. The van der Waals surface area contributed by atoms with Crippen LogP contribution in [0.4, 0.5) is 22.8 Å². The molecule has 0 bridgehead atoms. The quantitative estimate of drug-likeness (QED) is 0.724. The second-order valence-corrected chi connectivity index (χ2v) is 8.75. The summed E-state index contributed by atoms with van der Waals surface area (Å²) < 4.78 is 45.9. The molecule has 2 fully saturated rings. The van der Waals surface area contributed by atoms with Crippen LogP contribution < -0.4 is 4.74 Å². The van der Waals surface area contributed by atoms with Crippen molar-refractivity contribution in [3.63, 3.8) is 0 Å². The zero-order valence-electron chi connectivity index (χ0n) is 18.1. The average Bonchev–Trinajstić information content (AvgIpc) is 3.51. The van der Waals surface area contributed by atoms with E-state index in [1.165, 1.54) is 24.3 Å². The Kier molecular flexibility index (Phi) is 5.70. The van der Waals surface area contributed by atoms with Gasteiger partial charge < -0.3 is 24.2 Å². The van der Waals surface area contributed by atoms with Gasteiger partial charge in [-0.2, -0.15) is 15.4 Å². The van der Waals surface area contributed by atoms with Crippen molar-refractivity contribution in [3.05, 3.63) is 41.2 Å². The zero-order valence-corrected chi connectivity index (χ0v) is 18.1. The van der Waals surface area contributed by atoms with Gasteiger partial charge in [0.05, 0.1) is 12.2 Å². The fraction of sp³-hybridized carbons (Fsp3) is 0.524. The summed E-state index contributed by atoms with van der Waals surface area (Å²) in [5, 5.41) is 10.8. The molecule has 1 N–H and O–H groups in total. The molecule has 4 heterocycles. The number of rotatable bonds is 3. The first-order valence-corrected chi connectivity index (χ1v) is 10.9. The molecule has 3 amide bonds. The van der Waals surface area contributed by atoms with Gasteiger partial charge in [-0.1, -0.05) is 12.1 Å². The van der Waals surface area contributed by atoms with E-state index in [1.807, 2.05) is 4.90 Å². The van der Waals surface area contributed by atoms with E-state index in [4.69, 9.17) is 4.74 Å². The number of hydrogen-bond donors (Lipinski definition) is 1. The molecular weight excluding hydrogens is 457 g/mol. The Labute approximate surface area is 192 Å². The Morgan fingerprint density at radius 1 is 0.971 bits per heavy atom. The Balaban J connectivity index is 1.08. The molecule has 3 aliphatic rings. The highest BCUT2D eigenvalue weighted by Crippen LogP contribution is 2.32. The highest BCUT2D eigenvalue weighted by molar-refractivity contribution is 5.75. The van der Waals surface area contributed by atoms with Crippen LogP contribution in [-0.4, -0.2) is 81.3 Å². The van der Waals surface area contributed by atoms with E-state index in [0.29, 0.717) is 51.3 Å². The van der Waals surface area contributed by atoms with Crippen molar-refractivity contribution in [3.8, 4) is 5.75 Å². The maximum Gasteiger partial charge on any atom is 0.573 e. The number of ether oxygens (including phenoxy) is 2. The van der Waals surface area contributed by atoms with Gasteiger partial charge in [0, 0.05) is 51.0 Å². The molecule has 0 saturated carbocycles. The first-order chi connectivity index (χ1) is 16.2. The second-order valence-electron chi connectivity index (χ2n) is 8.75. The van der Waals surface area contributed by atoms with E-state index in [0.717, 1.165) is 11.4 Å². The lowest BCUT2D eigenvalue weighted by Crippen LogP contribution is -2.45. The predicted molar refractivity (Wildman–Crippen MR) is 109 cm³/mol. The average molecular weight is 480 g/mol. The number of aromatic nitrogens is 3. The van der Waals surface area contributed by atoms with E-state index in [9.17, 15) is 22.8 Å². The van der Waals surface area contributed by atoms with E-state index in [2.05, 4.69) is 20.1 Å². The predicted octanol–water partition coefficient (Wildman–Crippen LogP) is 2.38. The van der Waals surface area contributed by atoms with Gasteiger partial charge >= 0.3 is 18.5 Å². The van der Waals surface area contributed by atoms with Crippen LogP contribution in [0.2, 0.25) is 0 Å². The smallest absolute Gasteiger partial charge is 0.445 e. The number of urea groups is 1. The van der Waals surface area contributed by atoms with Gasteiger partial charge in [0.15, 0.2) is 0 Å². The number of nitrogens with zero attached hydrogens (tertiary/aromatic N) is 5. The minimum Gasteiger partial charge on any atom is -0.445 e. The number of benzene rings is 1. The lowest BCUT2D eigenvalue weighted by atomic mass is 10.0. The monoisotopic (exact) mass is 480 g/mol. The molecular formula is C21H23F3N6O4. The highest BCUT2D eigenvalue weighted by Gasteiger charge is 2.44. The number of hydrogen-bond acceptors (Lipinski definition) is 6. The van der Waals surface area contributed by atoms with E-state index in [-0.39, 0.29) is 30.2 Å². The summed E-state index contributed by atoms with van der Waals surface area (Å²) >= 11 is 0. The fourth-order valence-corrected chi connectivity index (χ4v) is 4.79. The third-order valence-corrected chi connectivity index (χ3v) is 6.47. The molecule has 0 radical (unpaired) electrons. The fourth-order valence-electron chi connectivity index (χ4n) is 4.79. The molecule has 3 aliphatic heterocycles. The minimum atomic E-state index is -4.75. The summed E-state index contributed by atoms with van der Waals surface area (Å²) in [5.41, 5.74) is 2.26. The topological polar surface area (TPSA) is 104 Å². The van der Waals surface area contributed by atoms with Gasteiger partial charge in [-0.3, -0.25) is 0 Å². The third-order valence-electron chi connectivity index (χ3n) is 6.47. The molecule has 182 valence electrons. The van der Waals surface area contributed by atoms with Crippen LogP contribution in [0.3, 0.4) is 0 Å². The number of amides is 3. The largest absolute Gasteiger partial charge is 0.573 e. The minimum absolute atomic E-state index is 0.0184. The molecule has 1 aromatic carbocycles. The molecule has 2 unspecified atom stereocenters. The van der Waals surface area contributed by atoms with Crippen molar-refractivity contribution >= 4 is 12.1 Å². The molecule has 0 aliphatic carbocycles. The molecule has 34 heavy (non-hydrogen) atoms. The maximum atomic E-state index is 13.0. The van der Waals surface area contributed by atoms with Crippen molar-refractivity contribution in [1.29, 1.82) is 0 Å². The molecule has 2 atom stereocenters. The maximum absolute atomic E-state index is 13.0. The first kappa shape index (κ1) is 22.3. The summed E-state index contributed by atoms with van der Waals surface area (Å²) in [6, 6.07) is 5.16. The number of aromatic amines is 1. The van der Waals surface area contributed by atoms with Crippen LogP contribution >= 0.6 is 0 Å². The Hall–Kier alpha value is -3.51. The number of fused-ring (bicyclic) bond motifs is 2. The second kappa shape index (κ2) is 8.69. The number of likely N-dealkylation sites (tertiary alicyclic amines) is 2. The SMILES string of the molecule is O=C(OCc1ccc(OC(F)(F)F)cc1)N1CC2CN(C(=O)N3CCc4n[nH]nc4C3)CC2C1. The number of halogens is 3. The molecule has 2 saturated heterocycles. The van der Waals surface area contributed by atoms with Crippen LogP contribution in [0.25, 0.3) is 0 Å². The van der Waals surface area contributed by atoms with Gasteiger partial charge in [0.1, 0.15) is 18.1 Å². The summed E-state index contributed by atoms with van der Waals surface area (Å²) in [6.45, 7) is 3.15. The van der Waals surface area contributed by atoms with Gasteiger partial charge in [0.2, 0.25) is 0 Å². The number of nitrogens with one attached hydrogen (secondary N) is 1. The van der Waals surface area contributed by atoms with Gasteiger partial charge in [-0.05, 0) is 17.7 Å². The van der Waals surface area contributed by atoms with E-state index >= 15 is 0 Å². The molecule has 13 heteroatoms. The van der Waals surface area contributed by atoms with Gasteiger partial charge in [0.25, 0.3) is 0 Å². The molecule has 0 spiro atoms. The molecule has 10 nitrogen and oxygen atoms in total. The lowest BCUT2D eigenvalue weighted by Gasteiger charge is -2.30. The number of carbonyl (C=O) groups is 2. The normalized spacial score (nSPS) is 21.9. The van der Waals surface area contributed by atoms with Crippen molar-refractivity contribution in [2.24, 2.45) is 11.8 Å². The summed E-state index contributed by atoms with van der Waals surface area (Å²) in [7, 11) is 0. The van der Waals surface area contributed by atoms with Crippen molar-refractivity contribution in [2.75, 3.05) is 32.7 Å².